The summed E-state index contributed by atoms with van der Waals surface area (Å²) < 4.78 is 5.82. The van der Waals surface area contributed by atoms with Crippen molar-refractivity contribution < 1.29 is 9.53 Å². The van der Waals surface area contributed by atoms with E-state index in [2.05, 4.69) is 5.32 Å². The molecule has 2 aromatic carbocycles. The van der Waals surface area contributed by atoms with Crippen LogP contribution in [0, 0.1) is 0 Å². The number of carbonyl (C=O) groups is 1. The van der Waals surface area contributed by atoms with Gasteiger partial charge in [0.25, 0.3) is 5.91 Å². The summed E-state index contributed by atoms with van der Waals surface area (Å²) in [5.74, 6) is 0.528. The molecule has 0 bridgehead atoms. The molecule has 1 atom stereocenters. The van der Waals surface area contributed by atoms with Crippen molar-refractivity contribution in [3.05, 3.63) is 59.2 Å². The molecule has 0 fully saturated rings. The van der Waals surface area contributed by atoms with E-state index >= 15 is 0 Å². The molecule has 0 spiro atoms. The van der Waals surface area contributed by atoms with Crippen LogP contribution in [-0.4, -0.2) is 38.1 Å². The first-order valence-electron chi connectivity index (χ1n) is 9.10. The fourth-order valence-electron chi connectivity index (χ4n) is 3.34. The molecule has 0 saturated heterocycles. The predicted molar refractivity (Wildman–Crippen MR) is 104 cm³/mol. The number of fused-ring (bicyclic) bond motifs is 1. The number of likely N-dealkylation sites (N-methyl/N-ethyl adjacent to an activating group) is 1. The van der Waals surface area contributed by atoms with Gasteiger partial charge in [-0.1, -0.05) is 18.2 Å². The maximum atomic E-state index is 12.9. The number of nitrogen functional groups attached to an aromatic ring is 1. The number of aryl methyl sites for hydroxylation is 1. The summed E-state index contributed by atoms with van der Waals surface area (Å²) in [6.07, 6.45) is 2.99. The van der Waals surface area contributed by atoms with Gasteiger partial charge in [0.2, 0.25) is 0 Å². The minimum Gasteiger partial charge on any atom is -0.491 e. The van der Waals surface area contributed by atoms with Crippen LogP contribution in [0.5, 0.6) is 5.75 Å². The Kier molecular flexibility index (Phi) is 5.78. The van der Waals surface area contributed by atoms with Gasteiger partial charge in [0.05, 0.1) is 11.6 Å². The zero-order chi connectivity index (χ0) is 18.5. The highest BCUT2D eigenvalue weighted by Gasteiger charge is 2.23. The molecule has 1 unspecified atom stereocenters. The van der Waals surface area contributed by atoms with Gasteiger partial charge >= 0.3 is 0 Å². The minimum atomic E-state index is -0.0971. The first kappa shape index (κ1) is 18.3. The summed E-state index contributed by atoms with van der Waals surface area (Å²) in [4.78, 5) is 14.9. The van der Waals surface area contributed by atoms with Crippen molar-refractivity contribution in [1.82, 2.24) is 10.2 Å². The minimum absolute atomic E-state index is 0.0154. The van der Waals surface area contributed by atoms with Gasteiger partial charge in [0.1, 0.15) is 12.4 Å². The summed E-state index contributed by atoms with van der Waals surface area (Å²) in [6.45, 7) is 1.34. The van der Waals surface area contributed by atoms with Crippen LogP contribution >= 0.6 is 0 Å². The number of para-hydroxylation sites is 1. The van der Waals surface area contributed by atoms with E-state index in [-0.39, 0.29) is 11.9 Å². The lowest BCUT2D eigenvalue weighted by Gasteiger charge is -2.27. The smallest absolute Gasteiger partial charge is 0.255 e. The van der Waals surface area contributed by atoms with E-state index in [1.165, 1.54) is 11.1 Å². The molecule has 1 amide bonds. The van der Waals surface area contributed by atoms with E-state index < -0.39 is 0 Å². The Balaban J connectivity index is 1.73. The van der Waals surface area contributed by atoms with E-state index in [0.717, 1.165) is 31.5 Å². The number of hydrogen-bond acceptors (Lipinski definition) is 4. The van der Waals surface area contributed by atoms with Gasteiger partial charge in [-0.05, 0) is 68.8 Å². The standard InChI is InChI=1S/C21H27N3O2/c1-24(2)12-13-26-20-9-4-3-7-18(20)21(25)23-19-8-5-6-15-14-16(22)10-11-17(15)19/h3-4,7,9-11,14,19H,5-6,8,12-13,22H2,1-2H3,(H,23,25). The summed E-state index contributed by atoms with van der Waals surface area (Å²) in [7, 11) is 3.99. The normalized spacial score (nSPS) is 16.2. The lowest BCUT2D eigenvalue weighted by Crippen LogP contribution is -2.31. The predicted octanol–water partition coefficient (Wildman–Crippen LogP) is 3.02. The van der Waals surface area contributed by atoms with Crippen LogP contribution in [0.15, 0.2) is 42.5 Å². The number of benzene rings is 2. The average molecular weight is 353 g/mol. The van der Waals surface area contributed by atoms with Gasteiger partial charge in [-0.25, -0.2) is 0 Å². The van der Waals surface area contributed by atoms with E-state index in [1.54, 1.807) is 0 Å². The van der Waals surface area contributed by atoms with Crippen molar-refractivity contribution >= 4 is 11.6 Å². The molecule has 2 aromatic rings. The maximum absolute atomic E-state index is 12.9. The highest BCUT2D eigenvalue weighted by Crippen LogP contribution is 2.31. The second-order valence-corrected chi connectivity index (χ2v) is 7.02. The van der Waals surface area contributed by atoms with Crippen molar-refractivity contribution in [3.8, 4) is 5.75 Å². The Labute approximate surface area is 155 Å². The second kappa shape index (κ2) is 8.23. The highest BCUT2D eigenvalue weighted by molar-refractivity contribution is 5.97. The van der Waals surface area contributed by atoms with E-state index in [1.807, 2.05) is 61.5 Å². The summed E-state index contributed by atoms with van der Waals surface area (Å²) in [5.41, 5.74) is 9.66. The Morgan fingerprint density at radius 2 is 2.08 bits per heavy atom. The molecule has 1 aliphatic carbocycles. The molecule has 0 heterocycles. The van der Waals surface area contributed by atoms with Crippen molar-refractivity contribution in [2.75, 3.05) is 33.0 Å². The molecule has 1 aliphatic rings. The molecule has 138 valence electrons. The van der Waals surface area contributed by atoms with Crippen LogP contribution in [0.3, 0.4) is 0 Å². The maximum Gasteiger partial charge on any atom is 0.255 e. The molecule has 0 saturated carbocycles. The molecule has 5 heteroatoms. The second-order valence-electron chi connectivity index (χ2n) is 7.02. The molecule has 5 nitrogen and oxygen atoms in total. The quantitative estimate of drug-likeness (QED) is 0.784. The number of rotatable bonds is 6. The van der Waals surface area contributed by atoms with Crippen molar-refractivity contribution in [2.45, 2.75) is 25.3 Å². The Morgan fingerprint density at radius 1 is 1.27 bits per heavy atom. The van der Waals surface area contributed by atoms with Gasteiger partial charge in [0, 0.05) is 12.2 Å². The van der Waals surface area contributed by atoms with Gasteiger partial charge in [-0.2, -0.15) is 0 Å². The van der Waals surface area contributed by atoms with Crippen LogP contribution in [0.4, 0.5) is 5.69 Å². The molecular formula is C21H27N3O2. The zero-order valence-corrected chi connectivity index (χ0v) is 15.5. The van der Waals surface area contributed by atoms with Crippen molar-refractivity contribution in [2.24, 2.45) is 0 Å². The number of ether oxygens (including phenoxy) is 1. The Morgan fingerprint density at radius 3 is 2.88 bits per heavy atom. The van der Waals surface area contributed by atoms with Crippen molar-refractivity contribution in [1.29, 1.82) is 0 Å². The fraction of sp³-hybridized carbons (Fsp3) is 0.381. The highest BCUT2D eigenvalue weighted by atomic mass is 16.5. The first-order chi connectivity index (χ1) is 12.5. The van der Waals surface area contributed by atoms with E-state index in [4.69, 9.17) is 10.5 Å². The SMILES string of the molecule is CN(C)CCOc1ccccc1C(=O)NC1CCCc2cc(N)ccc21. The van der Waals surface area contributed by atoms with Crippen LogP contribution in [0.25, 0.3) is 0 Å². The fourth-order valence-corrected chi connectivity index (χ4v) is 3.34. The molecule has 3 N–H and O–H groups in total. The molecule has 0 radical (unpaired) electrons. The van der Waals surface area contributed by atoms with E-state index in [0.29, 0.717) is 17.9 Å². The third kappa shape index (κ3) is 4.35. The lowest BCUT2D eigenvalue weighted by atomic mass is 9.87. The average Bonchev–Trinajstić information content (AvgIpc) is 2.61. The number of nitrogens with zero attached hydrogens (tertiary/aromatic N) is 1. The lowest BCUT2D eigenvalue weighted by molar-refractivity contribution is 0.0928. The summed E-state index contributed by atoms with van der Waals surface area (Å²) in [5, 5.41) is 3.18. The number of hydrogen-bond donors (Lipinski definition) is 2. The molecule has 3 rings (SSSR count). The number of anilines is 1. The number of carbonyl (C=O) groups excluding carboxylic acids is 1. The Bertz CT molecular complexity index is 774. The monoisotopic (exact) mass is 353 g/mol. The largest absolute Gasteiger partial charge is 0.491 e. The number of nitrogens with one attached hydrogen (secondary N) is 1. The molecule has 0 aliphatic heterocycles. The molecule has 0 aromatic heterocycles. The number of nitrogens with two attached hydrogens (primary N) is 1. The van der Waals surface area contributed by atoms with Crippen LogP contribution in [-0.2, 0) is 6.42 Å². The Hall–Kier alpha value is -2.53. The first-order valence-corrected chi connectivity index (χ1v) is 9.10. The third-order valence-corrected chi connectivity index (χ3v) is 4.71. The molecule has 26 heavy (non-hydrogen) atoms. The number of amides is 1. The van der Waals surface area contributed by atoms with E-state index in [9.17, 15) is 4.79 Å². The summed E-state index contributed by atoms with van der Waals surface area (Å²) in [6, 6.07) is 13.4. The third-order valence-electron chi connectivity index (χ3n) is 4.71. The summed E-state index contributed by atoms with van der Waals surface area (Å²) >= 11 is 0. The van der Waals surface area contributed by atoms with Gasteiger partial charge in [-0.15, -0.1) is 0 Å². The van der Waals surface area contributed by atoms with Crippen molar-refractivity contribution in [3.63, 3.8) is 0 Å². The van der Waals surface area contributed by atoms with Crippen LogP contribution < -0.4 is 15.8 Å². The van der Waals surface area contributed by atoms with Gasteiger partial charge in [-0.3, -0.25) is 4.79 Å². The molecular weight excluding hydrogens is 326 g/mol. The topological polar surface area (TPSA) is 67.6 Å². The van der Waals surface area contributed by atoms with Gasteiger partial charge in [0.15, 0.2) is 0 Å². The zero-order valence-electron chi connectivity index (χ0n) is 15.5. The van der Waals surface area contributed by atoms with Crippen LogP contribution in [0.2, 0.25) is 0 Å². The van der Waals surface area contributed by atoms with Crippen LogP contribution in [0.1, 0.15) is 40.4 Å². The van der Waals surface area contributed by atoms with Gasteiger partial charge < -0.3 is 20.7 Å².